The molecule has 3 heteroatoms. The lowest BCUT2D eigenvalue weighted by Crippen LogP contribution is -2.27. The molecule has 3 nitrogen and oxygen atoms in total. The lowest BCUT2D eigenvalue weighted by Gasteiger charge is -2.18. The lowest BCUT2D eigenvalue weighted by molar-refractivity contribution is 0.362. The van der Waals surface area contributed by atoms with Crippen molar-refractivity contribution >= 4 is 0 Å². The molecule has 0 spiro atoms. The van der Waals surface area contributed by atoms with E-state index < -0.39 is 0 Å². The van der Waals surface area contributed by atoms with Gasteiger partial charge in [0.25, 0.3) is 0 Å². The second kappa shape index (κ2) is 7.98. The van der Waals surface area contributed by atoms with Crippen LogP contribution in [0.1, 0.15) is 12.6 Å². The number of hydrogen-bond donors (Lipinski definition) is 1. The Morgan fingerprint density at radius 2 is 2.29 bits per heavy atom. The second-order valence-electron chi connectivity index (χ2n) is 4.34. The highest BCUT2D eigenvalue weighted by atomic mass is 15.1. The van der Waals surface area contributed by atoms with Gasteiger partial charge in [-0.25, -0.2) is 0 Å². The molecule has 1 N–H and O–H groups in total. The molecule has 17 heavy (non-hydrogen) atoms. The molecular formula is C14H23N3. The summed E-state index contributed by atoms with van der Waals surface area (Å²) in [7, 11) is 2.13. The van der Waals surface area contributed by atoms with Crippen LogP contribution in [0.5, 0.6) is 0 Å². The summed E-state index contributed by atoms with van der Waals surface area (Å²) in [6, 6.07) is 6.05. The van der Waals surface area contributed by atoms with Gasteiger partial charge in [0.05, 0.1) is 0 Å². The van der Waals surface area contributed by atoms with Gasteiger partial charge in [0, 0.05) is 37.9 Å². The number of pyridine rings is 1. The van der Waals surface area contributed by atoms with E-state index in [0.29, 0.717) is 0 Å². The highest BCUT2D eigenvalue weighted by Gasteiger charge is 2.02. The molecule has 94 valence electrons. The molecule has 0 aliphatic heterocycles. The first-order valence-corrected chi connectivity index (χ1v) is 6.18. The van der Waals surface area contributed by atoms with Gasteiger partial charge in [-0.1, -0.05) is 19.6 Å². The van der Waals surface area contributed by atoms with Crippen molar-refractivity contribution in [3.63, 3.8) is 0 Å². The maximum absolute atomic E-state index is 4.32. The van der Waals surface area contributed by atoms with Crippen LogP contribution in [0.15, 0.2) is 36.5 Å². The standard InChI is InChI=1S/C14H23N3/c1-4-15-11-13(2)12-17(3)10-8-14-7-5-6-9-16-14/h5-7,9,15H,2,4,8,10-12H2,1,3H3. The third-order valence-corrected chi connectivity index (χ3v) is 2.59. The van der Waals surface area contributed by atoms with E-state index in [4.69, 9.17) is 0 Å². The maximum atomic E-state index is 4.32. The molecule has 1 aromatic rings. The number of likely N-dealkylation sites (N-methyl/N-ethyl adjacent to an activating group) is 2. The highest BCUT2D eigenvalue weighted by molar-refractivity contribution is 5.04. The molecule has 1 rings (SSSR count). The molecule has 0 aliphatic carbocycles. The fourth-order valence-corrected chi connectivity index (χ4v) is 1.67. The number of hydrogen-bond acceptors (Lipinski definition) is 3. The number of rotatable bonds is 8. The molecule has 0 aromatic carbocycles. The minimum absolute atomic E-state index is 0.907. The van der Waals surface area contributed by atoms with Crippen molar-refractivity contribution in [2.45, 2.75) is 13.3 Å². The second-order valence-corrected chi connectivity index (χ2v) is 4.34. The van der Waals surface area contributed by atoms with Gasteiger partial charge < -0.3 is 10.2 Å². The summed E-state index contributed by atoms with van der Waals surface area (Å²) in [5, 5.41) is 3.29. The predicted molar refractivity (Wildman–Crippen MR) is 73.1 cm³/mol. The number of aromatic nitrogens is 1. The van der Waals surface area contributed by atoms with Crippen LogP contribution >= 0.6 is 0 Å². The van der Waals surface area contributed by atoms with Crippen molar-refractivity contribution in [1.29, 1.82) is 0 Å². The van der Waals surface area contributed by atoms with E-state index in [1.54, 1.807) is 0 Å². The zero-order valence-electron chi connectivity index (χ0n) is 10.9. The van der Waals surface area contributed by atoms with Crippen molar-refractivity contribution in [3.05, 3.63) is 42.2 Å². The summed E-state index contributed by atoms with van der Waals surface area (Å²) in [5.41, 5.74) is 2.38. The Labute approximate surface area is 105 Å². The van der Waals surface area contributed by atoms with E-state index in [-0.39, 0.29) is 0 Å². The van der Waals surface area contributed by atoms with E-state index >= 15 is 0 Å². The number of nitrogens with one attached hydrogen (secondary N) is 1. The van der Waals surface area contributed by atoms with Crippen molar-refractivity contribution < 1.29 is 0 Å². The molecule has 1 aromatic heterocycles. The Bertz CT molecular complexity index is 321. The molecule has 0 fully saturated rings. The zero-order chi connectivity index (χ0) is 12.5. The van der Waals surface area contributed by atoms with Crippen LogP contribution in [0.3, 0.4) is 0 Å². The Balaban J connectivity index is 2.21. The van der Waals surface area contributed by atoms with E-state index in [1.165, 1.54) is 5.57 Å². The normalized spacial score (nSPS) is 10.8. The molecule has 1 heterocycles. The summed E-state index contributed by atoms with van der Waals surface area (Å²) in [6.07, 6.45) is 2.84. The van der Waals surface area contributed by atoms with Crippen LogP contribution in [0.2, 0.25) is 0 Å². The third-order valence-electron chi connectivity index (χ3n) is 2.59. The largest absolute Gasteiger partial charge is 0.313 e. The highest BCUT2D eigenvalue weighted by Crippen LogP contribution is 1.98. The van der Waals surface area contributed by atoms with E-state index in [1.807, 2.05) is 18.3 Å². The first kappa shape index (κ1) is 13.9. The summed E-state index contributed by atoms with van der Waals surface area (Å²) in [6.45, 7) is 10.0. The van der Waals surface area contributed by atoms with Gasteiger partial charge in [-0.2, -0.15) is 0 Å². The molecule has 0 unspecified atom stereocenters. The topological polar surface area (TPSA) is 28.2 Å². The van der Waals surface area contributed by atoms with Gasteiger partial charge in [0.1, 0.15) is 0 Å². The molecule has 0 aliphatic rings. The monoisotopic (exact) mass is 233 g/mol. The summed E-state index contributed by atoms with van der Waals surface area (Å²) in [5.74, 6) is 0. The quantitative estimate of drug-likeness (QED) is 0.693. The minimum atomic E-state index is 0.907. The SMILES string of the molecule is C=C(CNCC)CN(C)CCc1ccccn1. The van der Waals surface area contributed by atoms with Crippen molar-refractivity contribution in [2.75, 3.05) is 33.2 Å². The van der Waals surface area contributed by atoms with Crippen LogP contribution in [0, 0.1) is 0 Å². The minimum Gasteiger partial charge on any atom is -0.313 e. The van der Waals surface area contributed by atoms with Crippen LogP contribution in [0.4, 0.5) is 0 Å². The lowest BCUT2D eigenvalue weighted by atomic mass is 10.2. The fraction of sp³-hybridized carbons (Fsp3) is 0.500. The van der Waals surface area contributed by atoms with E-state index in [2.05, 4.69) is 41.8 Å². The van der Waals surface area contributed by atoms with Crippen LogP contribution in [-0.4, -0.2) is 43.1 Å². The van der Waals surface area contributed by atoms with E-state index in [0.717, 1.165) is 38.3 Å². The van der Waals surface area contributed by atoms with Gasteiger partial charge in [-0.05, 0) is 31.3 Å². The first-order chi connectivity index (χ1) is 8.22. The van der Waals surface area contributed by atoms with Crippen molar-refractivity contribution in [3.8, 4) is 0 Å². The molecule has 0 amide bonds. The average molecular weight is 233 g/mol. The van der Waals surface area contributed by atoms with Crippen molar-refractivity contribution in [2.24, 2.45) is 0 Å². The van der Waals surface area contributed by atoms with Gasteiger partial charge in [0.2, 0.25) is 0 Å². The summed E-state index contributed by atoms with van der Waals surface area (Å²) < 4.78 is 0. The van der Waals surface area contributed by atoms with E-state index in [9.17, 15) is 0 Å². The Kier molecular flexibility index (Phi) is 6.51. The maximum Gasteiger partial charge on any atom is 0.0416 e. The molecule has 0 atom stereocenters. The molecule has 0 saturated heterocycles. The molecule has 0 bridgehead atoms. The predicted octanol–water partition coefficient (Wildman–Crippen LogP) is 1.72. The van der Waals surface area contributed by atoms with Gasteiger partial charge in [0.15, 0.2) is 0 Å². The smallest absolute Gasteiger partial charge is 0.0416 e. The van der Waals surface area contributed by atoms with Gasteiger partial charge >= 0.3 is 0 Å². The Morgan fingerprint density at radius 1 is 1.47 bits per heavy atom. The van der Waals surface area contributed by atoms with Gasteiger partial charge in [-0.3, -0.25) is 4.98 Å². The summed E-state index contributed by atoms with van der Waals surface area (Å²) in [4.78, 5) is 6.60. The van der Waals surface area contributed by atoms with Crippen LogP contribution in [-0.2, 0) is 6.42 Å². The third kappa shape index (κ3) is 6.19. The van der Waals surface area contributed by atoms with Crippen molar-refractivity contribution in [1.82, 2.24) is 15.2 Å². The number of nitrogens with zero attached hydrogens (tertiary/aromatic N) is 2. The molecule has 0 saturated carbocycles. The molecule has 0 radical (unpaired) electrons. The fourth-order valence-electron chi connectivity index (χ4n) is 1.67. The summed E-state index contributed by atoms with van der Waals surface area (Å²) >= 11 is 0. The average Bonchev–Trinajstić information content (AvgIpc) is 2.35. The van der Waals surface area contributed by atoms with Crippen LogP contribution < -0.4 is 5.32 Å². The van der Waals surface area contributed by atoms with Gasteiger partial charge in [-0.15, -0.1) is 0 Å². The zero-order valence-corrected chi connectivity index (χ0v) is 10.9. The Hall–Kier alpha value is -1.19. The Morgan fingerprint density at radius 3 is 2.94 bits per heavy atom. The van der Waals surface area contributed by atoms with Crippen LogP contribution in [0.25, 0.3) is 0 Å². The molecular weight excluding hydrogens is 210 g/mol. The first-order valence-electron chi connectivity index (χ1n) is 6.18.